The van der Waals surface area contributed by atoms with Gasteiger partial charge >= 0.3 is 0 Å². The second-order valence-electron chi connectivity index (χ2n) is 4.02. The Hall–Kier alpha value is -1.71. The lowest BCUT2D eigenvalue weighted by Crippen LogP contribution is -2.17. The van der Waals surface area contributed by atoms with Crippen LogP contribution in [-0.4, -0.2) is 14.4 Å². The van der Waals surface area contributed by atoms with E-state index in [9.17, 15) is 4.79 Å². The summed E-state index contributed by atoms with van der Waals surface area (Å²) in [4.78, 5) is 20.1. The van der Waals surface area contributed by atoms with Crippen molar-refractivity contribution < 1.29 is 0 Å². The van der Waals surface area contributed by atoms with Crippen molar-refractivity contribution in [3.63, 3.8) is 0 Å². The van der Waals surface area contributed by atoms with Gasteiger partial charge in [-0.05, 0) is 25.8 Å². The van der Waals surface area contributed by atoms with E-state index in [1.165, 1.54) is 25.1 Å². The van der Waals surface area contributed by atoms with Crippen molar-refractivity contribution in [2.24, 2.45) is 0 Å². The zero-order chi connectivity index (χ0) is 10.4. The highest BCUT2D eigenvalue weighted by atomic mass is 16.1. The fraction of sp³-hybridized carbons (Fsp3) is 0.364. The van der Waals surface area contributed by atoms with Gasteiger partial charge in [0.2, 0.25) is 5.78 Å². The molecule has 0 atom stereocenters. The summed E-state index contributed by atoms with van der Waals surface area (Å²) >= 11 is 0. The molecule has 0 amide bonds. The number of hydrogen-bond donors (Lipinski definition) is 0. The maximum absolute atomic E-state index is 11.6. The molecular weight excluding hydrogens is 190 g/mol. The van der Waals surface area contributed by atoms with Crippen molar-refractivity contribution in [3.05, 3.63) is 40.1 Å². The fourth-order valence-corrected chi connectivity index (χ4v) is 1.82. The molecule has 0 saturated heterocycles. The third kappa shape index (κ3) is 1.33. The van der Waals surface area contributed by atoms with E-state index >= 15 is 0 Å². The summed E-state index contributed by atoms with van der Waals surface area (Å²) in [6.45, 7) is 1.92. The van der Waals surface area contributed by atoms with Crippen LogP contribution >= 0.6 is 0 Å². The van der Waals surface area contributed by atoms with Gasteiger partial charge in [0.05, 0.1) is 0 Å². The van der Waals surface area contributed by atoms with Gasteiger partial charge in [-0.2, -0.15) is 0 Å². The van der Waals surface area contributed by atoms with Crippen molar-refractivity contribution in [3.8, 4) is 0 Å². The van der Waals surface area contributed by atoms with Crippen LogP contribution in [0, 0.1) is 6.92 Å². The summed E-state index contributed by atoms with van der Waals surface area (Å²) in [6, 6.07) is 3.45. The minimum Gasteiger partial charge on any atom is -0.269 e. The van der Waals surface area contributed by atoms with E-state index in [1.807, 2.05) is 13.0 Å². The van der Waals surface area contributed by atoms with Crippen LogP contribution in [0.5, 0.6) is 0 Å². The first-order valence-electron chi connectivity index (χ1n) is 5.11. The minimum absolute atomic E-state index is 0.0626. The van der Waals surface area contributed by atoms with E-state index in [1.54, 1.807) is 4.40 Å². The molecule has 1 aliphatic carbocycles. The van der Waals surface area contributed by atoms with Crippen LogP contribution in [0.15, 0.2) is 23.1 Å². The standard InChI is InChI=1S/C11H11N3O/c1-7-6-9(8-2-3-8)13-11-12-5-4-10(15)14(7)11/h4-6,8H,2-3H2,1H3. The van der Waals surface area contributed by atoms with E-state index in [2.05, 4.69) is 9.97 Å². The number of nitrogens with zero attached hydrogens (tertiary/aromatic N) is 3. The Balaban J connectivity index is 2.36. The lowest BCUT2D eigenvalue weighted by Gasteiger charge is -2.05. The Kier molecular flexibility index (Phi) is 1.65. The van der Waals surface area contributed by atoms with Crippen LogP contribution < -0.4 is 5.56 Å². The van der Waals surface area contributed by atoms with E-state index in [4.69, 9.17) is 0 Å². The maximum Gasteiger partial charge on any atom is 0.259 e. The lowest BCUT2D eigenvalue weighted by atomic mass is 10.2. The van der Waals surface area contributed by atoms with E-state index in [0.29, 0.717) is 11.7 Å². The lowest BCUT2D eigenvalue weighted by molar-refractivity contribution is 0.903. The Morgan fingerprint density at radius 2 is 2.27 bits per heavy atom. The molecule has 0 aliphatic heterocycles. The first kappa shape index (κ1) is 8.59. The number of hydrogen-bond acceptors (Lipinski definition) is 3. The molecule has 76 valence electrons. The highest BCUT2D eigenvalue weighted by molar-refractivity contribution is 5.33. The molecule has 2 aromatic rings. The summed E-state index contributed by atoms with van der Waals surface area (Å²) in [6.07, 6.45) is 3.93. The number of aromatic nitrogens is 3. The van der Waals surface area contributed by atoms with Crippen LogP contribution in [0.1, 0.15) is 30.1 Å². The molecule has 1 saturated carbocycles. The first-order valence-corrected chi connectivity index (χ1v) is 5.11. The smallest absolute Gasteiger partial charge is 0.259 e. The monoisotopic (exact) mass is 201 g/mol. The Bertz CT molecular complexity index is 584. The molecule has 4 nitrogen and oxygen atoms in total. The number of rotatable bonds is 1. The normalized spacial score (nSPS) is 15.8. The second kappa shape index (κ2) is 2.89. The average Bonchev–Trinajstić information content (AvgIpc) is 3.00. The van der Waals surface area contributed by atoms with Gasteiger partial charge in [-0.25, -0.2) is 14.4 Å². The molecule has 2 heterocycles. The molecule has 15 heavy (non-hydrogen) atoms. The van der Waals surface area contributed by atoms with Gasteiger partial charge < -0.3 is 0 Å². The molecule has 2 aromatic heterocycles. The van der Waals surface area contributed by atoms with Crippen LogP contribution in [-0.2, 0) is 0 Å². The van der Waals surface area contributed by atoms with Gasteiger partial charge in [0.1, 0.15) is 0 Å². The van der Waals surface area contributed by atoms with Gasteiger partial charge in [-0.3, -0.25) is 4.79 Å². The summed E-state index contributed by atoms with van der Waals surface area (Å²) in [5, 5.41) is 0. The van der Waals surface area contributed by atoms with Crippen molar-refractivity contribution in [1.82, 2.24) is 14.4 Å². The number of aryl methyl sites for hydroxylation is 1. The fourth-order valence-electron chi connectivity index (χ4n) is 1.82. The van der Waals surface area contributed by atoms with Crippen molar-refractivity contribution in [1.29, 1.82) is 0 Å². The van der Waals surface area contributed by atoms with Crippen molar-refractivity contribution >= 4 is 5.78 Å². The third-order valence-electron chi connectivity index (χ3n) is 2.76. The molecule has 0 spiro atoms. The largest absolute Gasteiger partial charge is 0.269 e. The highest BCUT2D eigenvalue weighted by Crippen LogP contribution is 2.39. The Labute approximate surface area is 86.6 Å². The van der Waals surface area contributed by atoms with E-state index in [0.717, 1.165) is 11.4 Å². The first-order chi connectivity index (χ1) is 7.25. The molecule has 1 fully saturated rings. The molecule has 3 rings (SSSR count). The van der Waals surface area contributed by atoms with Gasteiger partial charge in [0, 0.05) is 29.6 Å². The molecule has 0 aromatic carbocycles. The molecule has 0 radical (unpaired) electrons. The Morgan fingerprint density at radius 1 is 1.47 bits per heavy atom. The van der Waals surface area contributed by atoms with Crippen molar-refractivity contribution in [2.75, 3.05) is 0 Å². The maximum atomic E-state index is 11.6. The SMILES string of the molecule is Cc1cc(C2CC2)nc2nccc(=O)n12. The quantitative estimate of drug-likeness (QED) is 0.698. The predicted octanol–water partition coefficient (Wildman–Crippen LogP) is 1.28. The molecule has 0 N–H and O–H groups in total. The molecular formula is C11H11N3O. The second-order valence-corrected chi connectivity index (χ2v) is 4.02. The zero-order valence-electron chi connectivity index (χ0n) is 8.47. The van der Waals surface area contributed by atoms with Crippen LogP contribution in [0.3, 0.4) is 0 Å². The number of fused-ring (bicyclic) bond motifs is 1. The van der Waals surface area contributed by atoms with Crippen LogP contribution in [0.2, 0.25) is 0 Å². The van der Waals surface area contributed by atoms with Gasteiger partial charge in [0.25, 0.3) is 5.56 Å². The summed E-state index contributed by atoms with van der Waals surface area (Å²) in [5.41, 5.74) is 1.93. The average molecular weight is 201 g/mol. The Morgan fingerprint density at radius 3 is 3.00 bits per heavy atom. The molecule has 0 unspecified atom stereocenters. The minimum atomic E-state index is -0.0626. The predicted molar refractivity (Wildman–Crippen MR) is 56.0 cm³/mol. The van der Waals surface area contributed by atoms with E-state index in [-0.39, 0.29) is 5.56 Å². The van der Waals surface area contributed by atoms with Gasteiger partial charge in [0.15, 0.2) is 0 Å². The summed E-state index contributed by atoms with van der Waals surface area (Å²) < 4.78 is 1.55. The van der Waals surface area contributed by atoms with Crippen molar-refractivity contribution in [2.45, 2.75) is 25.7 Å². The molecule has 0 bridgehead atoms. The summed E-state index contributed by atoms with van der Waals surface area (Å²) in [7, 11) is 0. The summed E-state index contributed by atoms with van der Waals surface area (Å²) in [5.74, 6) is 1.11. The zero-order valence-corrected chi connectivity index (χ0v) is 8.47. The van der Waals surface area contributed by atoms with Crippen LogP contribution in [0.4, 0.5) is 0 Å². The third-order valence-corrected chi connectivity index (χ3v) is 2.76. The van der Waals surface area contributed by atoms with Gasteiger partial charge in [-0.1, -0.05) is 0 Å². The molecule has 1 aliphatic rings. The molecule has 4 heteroatoms. The highest BCUT2D eigenvalue weighted by Gasteiger charge is 2.25. The topological polar surface area (TPSA) is 47.3 Å². The van der Waals surface area contributed by atoms with Crippen LogP contribution in [0.25, 0.3) is 5.78 Å². The van der Waals surface area contributed by atoms with E-state index < -0.39 is 0 Å². The van der Waals surface area contributed by atoms with Gasteiger partial charge in [-0.15, -0.1) is 0 Å².